The van der Waals surface area contributed by atoms with Gasteiger partial charge in [0.1, 0.15) is 5.52 Å². The van der Waals surface area contributed by atoms with E-state index in [1.807, 2.05) is 42.1 Å². The topological polar surface area (TPSA) is 30.7 Å². The first-order valence-corrected chi connectivity index (χ1v) is 8.01. The molecule has 4 aromatic rings. The van der Waals surface area contributed by atoms with Crippen LogP contribution in [-0.4, -0.2) is 14.8 Å². The summed E-state index contributed by atoms with van der Waals surface area (Å²) in [6, 6.07) is 14.0. The number of pyridine rings is 1. The molecule has 4 rings (SSSR count). The number of hydrogen-bond donors (Lipinski definition) is 0. The zero-order chi connectivity index (χ0) is 16.0. The third-order valence-corrected chi connectivity index (χ3v) is 4.60. The molecule has 0 aliphatic rings. The molecule has 114 valence electrons. The lowest BCUT2D eigenvalue weighted by Crippen LogP contribution is -1.93. The molecule has 5 heteroatoms. The number of benzene rings is 2. The van der Waals surface area contributed by atoms with Crippen LogP contribution in [0, 0.1) is 0 Å². The number of hydrogen-bond acceptors (Lipinski definition) is 2. The van der Waals surface area contributed by atoms with Crippen LogP contribution < -0.4 is 0 Å². The molecule has 0 aliphatic carbocycles. The molecule has 0 fully saturated rings. The Labute approximate surface area is 143 Å². The predicted molar refractivity (Wildman–Crippen MR) is 95.3 cm³/mol. The van der Waals surface area contributed by atoms with Gasteiger partial charge in [0.25, 0.3) is 0 Å². The quantitative estimate of drug-likeness (QED) is 0.512. The third kappa shape index (κ3) is 2.67. The molecule has 0 unspecified atom stereocenters. The van der Waals surface area contributed by atoms with Gasteiger partial charge < -0.3 is 0 Å². The summed E-state index contributed by atoms with van der Waals surface area (Å²) < 4.78 is 1.83. The van der Waals surface area contributed by atoms with Crippen molar-refractivity contribution < 1.29 is 0 Å². The summed E-state index contributed by atoms with van der Waals surface area (Å²) in [6.07, 6.45) is 2.53. The highest BCUT2D eigenvalue weighted by Gasteiger charge is 2.09. The Morgan fingerprint density at radius 3 is 2.57 bits per heavy atom. The van der Waals surface area contributed by atoms with Gasteiger partial charge in [-0.3, -0.25) is 4.68 Å². The molecule has 0 saturated carbocycles. The number of halogens is 2. The van der Waals surface area contributed by atoms with Gasteiger partial charge in [-0.2, -0.15) is 5.10 Å². The predicted octanol–water partition coefficient (Wildman–Crippen LogP) is 5.02. The summed E-state index contributed by atoms with van der Waals surface area (Å²) in [5.74, 6) is 0. The Bertz CT molecular complexity index is 1020. The van der Waals surface area contributed by atoms with E-state index in [0.717, 1.165) is 44.0 Å². The van der Waals surface area contributed by atoms with E-state index in [2.05, 4.69) is 22.2 Å². The highest BCUT2D eigenvalue weighted by atomic mass is 35.5. The van der Waals surface area contributed by atoms with Gasteiger partial charge in [0.15, 0.2) is 0 Å². The van der Waals surface area contributed by atoms with Crippen molar-refractivity contribution in [1.29, 1.82) is 0 Å². The lowest BCUT2D eigenvalue weighted by molar-refractivity contribution is 0.797. The first-order chi connectivity index (χ1) is 11.1. The van der Waals surface area contributed by atoms with Crippen LogP contribution in [0.1, 0.15) is 11.1 Å². The van der Waals surface area contributed by atoms with Gasteiger partial charge in [-0.1, -0.05) is 35.3 Å². The number of nitrogens with zero attached hydrogens (tertiary/aromatic N) is 3. The van der Waals surface area contributed by atoms with Crippen molar-refractivity contribution >= 4 is 45.1 Å². The maximum atomic E-state index is 6.45. The molecule has 0 aliphatic heterocycles. The number of rotatable bonds is 2. The highest BCUT2D eigenvalue weighted by Crippen LogP contribution is 2.27. The molecular formula is C18H13Cl2N3. The average molecular weight is 342 g/mol. The van der Waals surface area contributed by atoms with Gasteiger partial charge in [0, 0.05) is 22.5 Å². The molecule has 0 spiro atoms. The van der Waals surface area contributed by atoms with Gasteiger partial charge in [-0.05, 0) is 47.9 Å². The number of fused-ring (bicyclic) bond motifs is 2. The summed E-state index contributed by atoms with van der Waals surface area (Å²) in [6.45, 7) is 0. The van der Waals surface area contributed by atoms with Gasteiger partial charge in [0.2, 0.25) is 0 Å². The van der Waals surface area contributed by atoms with Crippen LogP contribution in [0.2, 0.25) is 10.0 Å². The van der Waals surface area contributed by atoms with Crippen LogP contribution in [0.5, 0.6) is 0 Å². The first-order valence-electron chi connectivity index (χ1n) is 7.25. The summed E-state index contributed by atoms with van der Waals surface area (Å²) in [5.41, 5.74) is 5.02. The normalized spacial score (nSPS) is 11.4. The first kappa shape index (κ1) is 14.5. The van der Waals surface area contributed by atoms with Crippen molar-refractivity contribution in [2.75, 3.05) is 0 Å². The van der Waals surface area contributed by atoms with E-state index in [4.69, 9.17) is 23.2 Å². The second-order valence-corrected chi connectivity index (χ2v) is 6.44. The molecule has 2 aromatic carbocycles. The van der Waals surface area contributed by atoms with E-state index < -0.39 is 0 Å². The Morgan fingerprint density at radius 1 is 1.00 bits per heavy atom. The fourth-order valence-electron chi connectivity index (χ4n) is 2.76. The number of aryl methyl sites for hydroxylation is 1. The van der Waals surface area contributed by atoms with Crippen LogP contribution in [0.4, 0.5) is 0 Å². The van der Waals surface area contributed by atoms with E-state index in [1.165, 1.54) is 5.56 Å². The van der Waals surface area contributed by atoms with E-state index in [-0.39, 0.29) is 0 Å². The summed E-state index contributed by atoms with van der Waals surface area (Å²) in [5, 5.41) is 6.77. The molecule has 2 heterocycles. The van der Waals surface area contributed by atoms with Crippen LogP contribution in [0.15, 0.2) is 48.7 Å². The van der Waals surface area contributed by atoms with Gasteiger partial charge >= 0.3 is 0 Å². The summed E-state index contributed by atoms with van der Waals surface area (Å²) >= 11 is 12.4. The van der Waals surface area contributed by atoms with Crippen molar-refractivity contribution in [3.8, 4) is 0 Å². The molecule has 0 amide bonds. The second kappa shape index (κ2) is 5.52. The van der Waals surface area contributed by atoms with Crippen molar-refractivity contribution in [2.24, 2.45) is 7.05 Å². The standard InChI is InChI=1S/C18H13Cl2N3/c1-23-18-8-13-7-12(6-11-2-4-14(19)5-3-11)15(20)9-16(13)22-17(18)10-21-23/h2-5,7-10H,6H2,1H3. The van der Waals surface area contributed by atoms with Crippen molar-refractivity contribution in [2.45, 2.75) is 6.42 Å². The van der Waals surface area contributed by atoms with Crippen molar-refractivity contribution in [3.63, 3.8) is 0 Å². The molecule has 0 saturated heterocycles. The zero-order valence-corrected chi connectivity index (χ0v) is 13.9. The smallest absolute Gasteiger partial charge is 0.109 e. The third-order valence-electron chi connectivity index (χ3n) is 4.00. The fourth-order valence-corrected chi connectivity index (χ4v) is 3.11. The Kier molecular flexibility index (Phi) is 3.47. The lowest BCUT2D eigenvalue weighted by Gasteiger charge is -2.08. The van der Waals surface area contributed by atoms with Crippen molar-refractivity contribution in [3.05, 3.63) is 69.8 Å². The minimum absolute atomic E-state index is 0.725. The molecule has 0 bridgehead atoms. The van der Waals surface area contributed by atoms with E-state index in [0.29, 0.717) is 0 Å². The molecule has 0 radical (unpaired) electrons. The molecule has 0 atom stereocenters. The van der Waals surface area contributed by atoms with Crippen LogP contribution in [0.3, 0.4) is 0 Å². The Morgan fingerprint density at radius 2 is 1.78 bits per heavy atom. The molecule has 23 heavy (non-hydrogen) atoms. The highest BCUT2D eigenvalue weighted by molar-refractivity contribution is 6.32. The maximum Gasteiger partial charge on any atom is 0.109 e. The Hall–Kier alpha value is -2.10. The maximum absolute atomic E-state index is 6.45. The minimum atomic E-state index is 0.725. The fraction of sp³-hybridized carbons (Fsp3) is 0.111. The molecule has 3 nitrogen and oxygen atoms in total. The second-order valence-electron chi connectivity index (χ2n) is 5.60. The van der Waals surface area contributed by atoms with Crippen LogP contribution in [0.25, 0.3) is 21.9 Å². The Balaban J connectivity index is 1.82. The van der Waals surface area contributed by atoms with Crippen molar-refractivity contribution in [1.82, 2.24) is 14.8 Å². The molecule has 2 aromatic heterocycles. The van der Waals surface area contributed by atoms with Crippen LogP contribution >= 0.6 is 23.2 Å². The lowest BCUT2D eigenvalue weighted by atomic mass is 10.0. The van der Waals surface area contributed by atoms with Crippen LogP contribution in [-0.2, 0) is 13.5 Å². The minimum Gasteiger partial charge on any atom is -0.266 e. The van der Waals surface area contributed by atoms with Gasteiger partial charge in [-0.25, -0.2) is 4.98 Å². The summed E-state index contributed by atoms with van der Waals surface area (Å²) in [4.78, 5) is 4.63. The van der Waals surface area contributed by atoms with Gasteiger partial charge in [0.05, 0.1) is 17.2 Å². The zero-order valence-electron chi connectivity index (χ0n) is 12.4. The van der Waals surface area contributed by atoms with E-state index in [1.54, 1.807) is 6.20 Å². The SMILES string of the molecule is Cn1ncc2nc3cc(Cl)c(Cc4ccc(Cl)cc4)cc3cc21. The monoisotopic (exact) mass is 341 g/mol. The average Bonchev–Trinajstić information content (AvgIpc) is 2.89. The largest absolute Gasteiger partial charge is 0.266 e. The molecular weight excluding hydrogens is 329 g/mol. The van der Waals surface area contributed by atoms with E-state index >= 15 is 0 Å². The van der Waals surface area contributed by atoms with Gasteiger partial charge in [-0.15, -0.1) is 0 Å². The molecule has 0 N–H and O–H groups in total. The summed E-state index contributed by atoms with van der Waals surface area (Å²) in [7, 11) is 1.92. The van der Waals surface area contributed by atoms with E-state index in [9.17, 15) is 0 Å². The number of aromatic nitrogens is 3.